The molecule has 2 aromatic rings. The van der Waals surface area contributed by atoms with Gasteiger partial charge in [0.1, 0.15) is 11.6 Å². The lowest BCUT2D eigenvalue weighted by atomic mass is 10.1. The summed E-state index contributed by atoms with van der Waals surface area (Å²) in [5.74, 6) is 1.11. The van der Waals surface area contributed by atoms with E-state index < -0.39 is 0 Å². The van der Waals surface area contributed by atoms with Crippen LogP contribution in [0.5, 0.6) is 5.75 Å². The van der Waals surface area contributed by atoms with Crippen molar-refractivity contribution < 1.29 is 9.53 Å². The molecule has 0 radical (unpaired) electrons. The number of amides is 1. The summed E-state index contributed by atoms with van der Waals surface area (Å²) in [4.78, 5) is 21.2. The van der Waals surface area contributed by atoms with Gasteiger partial charge in [-0.3, -0.25) is 4.79 Å². The third-order valence-corrected chi connectivity index (χ3v) is 5.32. The van der Waals surface area contributed by atoms with Gasteiger partial charge in [0.2, 0.25) is 0 Å². The van der Waals surface area contributed by atoms with E-state index in [-0.39, 0.29) is 12.5 Å². The Morgan fingerprint density at radius 2 is 1.93 bits per heavy atom. The van der Waals surface area contributed by atoms with Crippen LogP contribution in [0.3, 0.4) is 0 Å². The van der Waals surface area contributed by atoms with Gasteiger partial charge in [-0.2, -0.15) is 0 Å². The van der Waals surface area contributed by atoms with E-state index in [9.17, 15) is 4.79 Å². The lowest BCUT2D eigenvalue weighted by Crippen LogP contribution is -2.44. The van der Waals surface area contributed by atoms with Gasteiger partial charge in [0.25, 0.3) is 5.91 Å². The molecule has 1 aliphatic heterocycles. The Morgan fingerprint density at radius 1 is 1.11 bits per heavy atom. The minimum Gasteiger partial charge on any atom is -0.484 e. The van der Waals surface area contributed by atoms with Crippen molar-refractivity contribution >= 4 is 17.4 Å². The summed E-state index contributed by atoms with van der Waals surface area (Å²) in [5, 5.41) is 2.80. The standard InChI is InChI=1S/C21H26N4O2/c1-24-9-11-25(12-10-24)18-6-8-20(22-14-18)23-21(26)15-27-19-7-5-16-3-2-4-17(16)13-19/h5-8,13-14H,2-4,9-12,15H2,1H3,(H,22,23,26). The fraction of sp³-hybridized carbons (Fsp3) is 0.429. The van der Waals surface area contributed by atoms with Crippen molar-refractivity contribution in [3.63, 3.8) is 0 Å². The maximum atomic E-state index is 12.2. The zero-order valence-electron chi connectivity index (χ0n) is 15.8. The van der Waals surface area contributed by atoms with Crippen molar-refractivity contribution in [1.82, 2.24) is 9.88 Å². The molecule has 2 heterocycles. The van der Waals surface area contributed by atoms with Gasteiger partial charge in [-0.25, -0.2) is 4.98 Å². The van der Waals surface area contributed by atoms with Crippen molar-refractivity contribution in [2.45, 2.75) is 19.3 Å². The molecule has 2 aliphatic rings. The summed E-state index contributed by atoms with van der Waals surface area (Å²) >= 11 is 0. The molecule has 1 saturated heterocycles. The number of pyridine rings is 1. The predicted molar refractivity (Wildman–Crippen MR) is 107 cm³/mol. The van der Waals surface area contributed by atoms with Crippen molar-refractivity contribution in [2.24, 2.45) is 0 Å². The minimum absolute atomic E-state index is 0.0132. The average Bonchev–Trinajstić information content (AvgIpc) is 3.15. The predicted octanol–water partition coefficient (Wildman–Crippen LogP) is 2.34. The Balaban J connectivity index is 1.28. The zero-order valence-corrected chi connectivity index (χ0v) is 15.8. The number of rotatable bonds is 5. The number of ether oxygens (including phenoxy) is 1. The number of hydrogen-bond acceptors (Lipinski definition) is 5. The molecule has 1 aromatic carbocycles. The maximum absolute atomic E-state index is 12.2. The van der Waals surface area contributed by atoms with Crippen molar-refractivity contribution in [2.75, 3.05) is 50.1 Å². The van der Waals surface area contributed by atoms with E-state index in [1.54, 1.807) is 0 Å². The molecule has 1 N–H and O–H groups in total. The van der Waals surface area contributed by atoms with Crippen LogP contribution in [0, 0.1) is 0 Å². The van der Waals surface area contributed by atoms with Gasteiger partial charge in [-0.15, -0.1) is 0 Å². The number of aryl methyl sites for hydroxylation is 2. The van der Waals surface area contributed by atoms with Crippen LogP contribution in [-0.2, 0) is 17.6 Å². The number of likely N-dealkylation sites (N-methyl/N-ethyl adjacent to an activating group) is 1. The SMILES string of the molecule is CN1CCN(c2ccc(NC(=O)COc3ccc4c(c3)CCC4)nc2)CC1. The quantitative estimate of drug-likeness (QED) is 0.880. The first-order valence-electron chi connectivity index (χ1n) is 9.61. The second-order valence-electron chi connectivity index (χ2n) is 7.31. The minimum atomic E-state index is -0.199. The van der Waals surface area contributed by atoms with E-state index in [1.807, 2.05) is 24.4 Å². The van der Waals surface area contributed by atoms with Crippen LogP contribution in [-0.4, -0.2) is 55.6 Å². The highest BCUT2D eigenvalue weighted by Crippen LogP contribution is 2.26. The molecular weight excluding hydrogens is 340 g/mol. The second kappa shape index (κ2) is 7.96. The van der Waals surface area contributed by atoms with Crippen LogP contribution in [0.25, 0.3) is 0 Å². The van der Waals surface area contributed by atoms with E-state index in [0.717, 1.165) is 50.5 Å². The summed E-state index contributed by atoms with van der Waals surface area (Å²) in [6.45, 7) is 4.09. The average molecular weight is 366 g/mol. The molecule has 6 heteroatoms. The first-order valence-corrected chi connectivity index (χ1v) is 9.61. The van der Waals surface area contributed by atoms with Crippen molar-refractivity contribution in [3.8, 4) is 5.75 Å². The van der Waals surface area contributed by atoms with Crippen LogP contribution in [0.4, 0.5) is 11.5 Å². The molecule has 0 spiro atoms. The van der Waals surface area contributed by atoms with Crippen molar-refractivity contribution in [1.29, 1.82) is 0 Å². The normalized spacial score (nSPS) is 16.9. The molecule has 0 bridgehead atoms. The number of fused-ring (bicyclic) bond motifs is 1. The summed E-state index contributed by atoms with van der Waals surface area (Å²) in [7, 11) is 2.14. The number of nitrogens with one attached hydrogen (secondary N) is 1. The molecule has 6 nitrogen and oxygen atoms in total. The molecule has 1 amide bonds. The molecule has 1 aliphatic carbocycles. The Kier molecular flexibility index (Phi) is 5.25. The van der Waals surface area contributed by atoms with E-state index in [0.29, 0.717) is 5.82 Å². The second-order valence-corrected chi connectivity index (χ2v) is 7.31. The van der Waals surface area contributed by atoms with E-state index in [4.69, 9.17) is 4.74 Å². The van der Waals surface area contributed by atoms with Gasteiger partial charge in [0.05, 0.1) is 11.9 Å². The first kappa shape index (κ1) is 17.8. The zero-order chi connectivity index (χ0) is 18.6. The lowest BCUT2D eigenvalue weighted by molar-refractivity contribution is -0.118. The van der Waals surface area contributed by atoms with Crippen LogP contribution in [0.2, 0.25) is 0 Å². The molecule has 142 valence electrons. The Bertz CT molecular complexity index is 798. The molecule has 0 atom stereocenters. The van der Waals surface area contributed by atoms with Gasteiger partial charge >= 0.3 is 0 Å². The monoisotopic (exact) mass is 366 g/mol. The number of piperazine rings is 1. The van der Waals surface area contributed by atoms with Crippen LogP contribution >= 0.6 is 0 Å². The third-order valence-electron chi connectivity index (χ3n) is 5.32. The fourth-order valence-electron chi connectivity index (χ4n) is 3.68. The summed E-state index contributed by atoms with van der Waals surface area (Å²) in [5.41, 5.74) is 3.83. The summed E-state index contributed by atoms with van der Waals surface area (Å²) in [6, 6.07) is 9.96. The van der Waals surface area contributed by atoms with Gasteiger partial charge in [-0.1, -0.05) is 6.07 Å². The largest absolute Gasteiger partial charge is 0.484 e. The van der Waals surface area contributed by atoms with E-state index in [1.165, 1.54) is 17.5 Å². The maximum Gasteiger partial charge on any atom is 0.263 e. The van der Waals surface area contributed by atoms with Gasteiger partial charge < -0.3 is 19.9 Å². The summed E-state index contributed by atoms with van der Waals surface area (Å²) < 4.78 is 5.64. The molecule has 0 unspecified atom stereocenters. The van der Waals surface area contributed by atoms with E-state index in [2.05, 4.69) is 39.3 Å². The Morgan fingerprint density at radius 3 is 2.70 bits per heavy atom. The molecule has 1 fully saturated rings. The van der Waals surface area contributed by atoms with E-state index >= 15 is 0 Å². The van der Waals surface area contributed by atoms with Crippen LogP contribution in [0.1, 0.15) is 17.5 Å². The summed E-state index contributed by atoms with van der Waals surface area (Å²) in [6.07, 6.45) is 5.27. The van der Waals surface area contributed by atoms with Crippen molar-refractivity contribution in [3.05, 3.63) is 47.7 Å². The number of nitrogens with zero attached hydrogens (tertiary/aromatic N) is 3. The smallest absolute Gasteiger partial charge is 0.263 e. The van der Waals surface area contributed by atoms with Crippen LogP contribution in [0.15, 0.2) is 36.5 Å². The first-order chi connectivity index (χ1) is 13.2. The highest BCUT2D eigenvalue weighted by atomic mass is 16.5. The van der Waals surface area contributed by atoms with Crippen LogP contribution < -0.4 is 15.0 Å². The molecule has 1 aromatic heterocycles. The molecule has 27 heavy (non-hydrogen) atoms. The Labute approximate surface area is 160 Å². The Hall–Kier alpha value is -2.60. The molecule has 0 saturated carbocycles. The van der Waals surface area contributed by atoms with Gasteiger partial charge in [0.15, 0.2) is 6.61 Å². The highest BCUT2D eigenvalue weighted by molar-refractivity contribution is 5.91. The lowest BCUT2D eigenvalue weighted by Gasteiger charge is -2.33. The number of benzene rings is 1. The number of carbonyl (C=O) groups excluding carboxylic acids is 1. The number of anilines is 2. The third kappa shape index (κ3) is 4.39. The number of carbonyl (C=O) groups is 1. The fourth-order valence-corrected chi connectivity index (χ4v) is 3.68. The molecular formula is C21H26N4O2. The number of hydrogen-bond donors (Lipinski definition) is 1. The molecule has 4 rings (SSSR count). The highest BCUT2D eigenvalue weighted by Gasteiger charge is 2.15. The number of aromatic nitrogens is 1. The topological polar surface area (TPSA) is 57.7 Å². The van der Waals surface area contributed by atoms with Gasteiger partial charge in [-0.05, 0) is 61.7 Å². The van der Waals surface area contributed by atoms with Gasteiger partial charge in [0, 0.05) is 26.2 Å².